The van der Waals surface area contributed by atoms with E-state index >= 15 is 0 Å². The molecule has 0 atom stereocenters. The molecule has 0 saturated heterocycles. The smallest absolute Gasteiger partial charge is 0.231 e. The lowest BCUT2D eigenvalue weighted by atomic mass is 9.81. The van der Waals surface area contributed by atoms with Gasteiger partial charge in [0.05, 0.1) is 12.0 Å². The molecule has 0 aliphatic rings. The Labute approximate surface area is 115 Å². The molecular formula is C15H24N2O2. The highest BCUT2D eigenvalue weighted by Gasteiger charge is 2.33. The lowest BCUT2D eigenvalue weighted by molar-refractivity contribution is -0.125. The molecule has 1 aromatic rings. The number of amides is 1. The van der Waals surface area contributed by atoms with Crippen molar-refractivity contribution in [2.45, 2.75) is 33.3 Å². The maximum atomic E-state index is 12.4. The van der Waals surface area contributed by atoms with Crippen molar-refractivity contribution in [1.29, 1.82) is 0 Å². The van der Waals surface area contributed by atoms with Crippen LogP contribution in [0.1, 0.15) is 32.3 Å². The molecule has 0 fully saturated rings. The second-order valence-electron chi connectivity index (χ2n) is 4.78. The highest BCUT2D eigenvalue weighted by atomic mass is 16.5. The van der Waals surface area contributed by atoms with Crippen LogP contribution < -0.4 is 11.1 Å². The third-order valence-corrected chi connectivity index (χ3v) is 3.72. The van der Waals surface area contributed by atoms with Gasteiger partial charge >= 0.3 is 0 Å². The van der Waals surface area contributed by atoms with Crippen LogP contribution in [0.15, 0.2) is 24.3 Å². The minimum Gasteiger partial charge on any atom is -0.380 e. The quantitative estimate of drug-likeness (QED) is 0.795. The van der Waals surface area contributed by atoms with Gasteiger partial charge in [-0.3, -0.25) is 4.79 Å². The predicted molar refractivity (Wildman–Crippen MR) is 77.9 cm³/mol. The summed E-state index contributed by atoms with van der Waals surface area (Å²) >= 11 is 0. The minimum absolute atomic E-state index is 0.00503. The molecule has 1 aromatic carbocycles. The first-order valence-corrected chi connectivity index (χ1v) is 6.71. The third kappa shape index (κ3) is 3.78. The van der Waals surface area contributed by atoms with E-state index in [2.05, 4.69) is 5.32 Å². The SMILES string of the molecule is CCC(CC)(CN)C(=O)Nc1cccc(COC)c1. The summed E-state index contributed by atoms with van der Waals surface area (Å²) in [5, 5.41) is 2.96. The number of hydrogen-bond donors (Lipinski definition) is 2. The molecule has 0 heterocycles. The normalized spacial score (nSPS) is 11.4. The predicted octanol–water partition coefficient (Wildman–Crippen LogP) is 2.54. The van der Waals surface area contributed by atoms with Crippen molar-refractivity contribution >= 4 is 11.6 Å². The summed E-state index contributed by atoms with van der Waals surface area (Å²) in [4.78, 5) is 12.4. The Hall–Kier alpha value is -1.39. The van der Waals surface area contributed by atoms with E-state index in [1.54, 1.807) is 7.11 Å². The molecule has 0 bridgehead atoms. The highest BCUT2D eigenvalue weighted by Crippen LogP contribution is 2.27. The van der Waals surface area contributed by atoms with Crippen LogP contribution in [0.4, 0.5) is 5.69 Å². The van der Waals surface area contributed by atoms with Crippen molar-refractivity contribution < 1.29 is 9.53 Å². The van der Waals surface area contributed by atoms with Gasteiger partial charge in [-0.05, 0) is 30.5 Å². The van der Waals surface area contributed by atoms with Crippen LogP contribution in [0.5, 0.6) is 0 Å². The second-order valence-corrected chi connectivity index (χ2v) is 4.78. The van der Waals surface area contributed by atoms with Crippen LogP contribution in [0.3, 0.4) is 0 Å². The van der Waals surface area contributed by atoms with E-state index in [1.807, 2.05) is 38.1 Å². The molecule has 0 saturated carbocycles. The van der Waals surface area contributed by atoms with Crippen molar-refractivity contribution in [3.05, 3.63) is 29.8 Å². The van der Waals surface area contributed by atoms with Crippen molar-refractivity contribution in [1.82, 2.24) is 0 Å². The first-order chi connectivity index (χ1) is 9.11. The molecule has 3 N–H and O–H groups in total. The Kier molecular flexibility index (Phi) is 5.99. The fourth-order valence-electron chi connectivity index (χ4n) is 2.12. The molecule has 19 heavy (non-hydrogen) atoms. The van der Waals surface area contributed by atoms with Crippen LogP contribution in [0.2, 0.25) is 0 Å². The van der Waals surface area contributed by atoms with Gasteiger partial charge in [0.1, 0.15) is 0 Å². The summed E-state index contributed by atoms with van der Waals surface area (Å²) < 4.78 is 5.09. The molecule has 0 aliphatic heterocycles. The number of hydrogen-bond acceptors (Lipinski definition) is 3. The molecule has 4 nitrogen and oxygen atoms in total. The topological polar surface area (TPSA) is 64.4 Å². The van der Waals surface area contributed by atoms with Gasteiger partial charge in [-0.15, -0.1) is 0 Å². The first kappa shape index (κ1) is 15.7. The van der Waals surface area contributed by atoms with Gasteiger partial charge in [0, 0.05) is 19.3 Å². The average molecular weight is 264 g/mol. The van der Waals surface area contributed by atoms with Crippen LogP contribution in [0.25, 0.3) is 0 Å². The number of rotatable bonds is 7. The Balaban J connectivity index is 2.83. The monoisotopic (exact) mass is 264 g/mol. The zero-order valence-corrected chi connectivity index (χ0v) is 12.0. The van der Waals surface area contributed by atoms with Gasteiger partial charge < -0.3 is 15.8 Å². The lowest BCUT2D eigenvalue weighted by Crippen LogP contribution is -2.41. The van der Waals surface area contributed by atoms with Crippen molar-refractivity contribution in [2.75, 3.05) is 19.0 Å². The molecule has 1 amide bonds. The van der Waals surface area contributed by atoms with E-state index in [-0.39, 0.29) is 5.91 Å². The van der Waals surface area contributed by atoms with Gasteiger partial charge in [-0.2, -0.15) is 0 Å². The largest absolute Gasteiger partial charge is 0.380 e. The molecule has 4 heteroatoms. The number of nitrogens with two attached hydrogens (primary N) is 1. The van der Waals surface area contributed by atoms with E-state index in [4.69, 9.17) is 10.5 Å². The van der Waals surface area contributed by atoms with Crippen molar-refractivity contribution in [2.24, 2.45) is 11.1 Å². The maximum Gasteiger partial charge on any atom is 0.231 e. The molecule has 0 aliphatic carbocycles. The number of ether oxygens (including phenoxy) is 1. The first-order valence-electron chi connectivity index (χ1n) is 6.71. The van der Waals surface area contributed by atoms with Crippen LogP contribution in [0, 0.1) is 5.41 Å². The third-order valence-electron chi connectivity index (χ3n) is 3.72. The van der Waals surface area contributed by atoms with Crippen LogP contribution >= 0.6 is 0 Å². The highest BCUT2D eigenvalue weighted by molar-refractivity contribution is 5.95. The molecule has 0 aromatic heterocycles. The van der Waals surface area contributed by atoms with Crippen LogP contribution in [-0.4, -0.2) is 19.6 Å². The van der Waals surface area contributed by atoms with E-state index in [1.165, 1.54) is 0 Å². The molecular weight excluding hydrogens is 240 g/mol. The van der Waals surface area contributed by atoms with E-state index in [0.717, 1.165) is 24.1 Å². The summed E-state index contributed by atoms with van der Waals surface area (Å²) in [6, 6.07) is 7.68. The number of anilines is 1. The zero-order chi connectivity index (χ0) is 14.3. The fraction of sp³-hybridized carbons (Fsp3) is 0.533. The van der Waals surface area contributed by atoms with Crippen molar-refractivity contribution in [3.63, 3.8) is 0 Å². The summed E-state index contributed by atoms with van der Waals surface area (Å²) in [6.45, 7) is 4.89. The van der Waals surface area contributed by atoms with Crippen LogP contribution in [-0.2, 0) is 16.1 Å². The molecule has 0 unspecified atom stereocenters. The number of benzene rings is 1. The number of methoxy groups -OCH3 is 1. The summed E-state index contributed by atoms with van der Waals surface area (Å²) in [5.41, 5.74) is 7.13. The number of nitrogens with one attached hydrogen (secondary N) is 1. The molecule has 1 rings (SSSR count). The van der Waals surface area contributed by atoms with E-state index in [9.17, 15) is 4.79 Å². The Morgan fingerprint density at radius 1 is 1.37 bits per heavy atom. The number of carbonyl (C=O) groups is 1. The standard InChI is InChI=1S/C15H24N2O2/c1-4-15(5-2,11-16)14(18)17-13-8-6-7-12(9-13)10-19-3/h6-9H,4-5,10-11,16H2,1-3H3,(H,17,18). The Morgan fingerprint density at radius 3 is 2.58 bits per heavy atom. The summed E-state index contributed by atoms with van der Waals surface area (Å²) in [6.07, 6.45) is 1.48. The van der Waals surface area contributed by atoms with E-state index < -0.39 is 5.41 Å². The van der Waals surface area contributed by atoms with Gasteiger partial charge in [0.15, 0.2) is 0 Å². The van der Waals surface area contributed by atoms with Crippen molar-refractivity contribution in [3.8, 4) is 0 Å². The van der Waals surface area contributed by atoms with Gasteiger partial charge in [0.2, 0.25) is 5.91 Å². The second kappa shape index (κ2) is 7.26. The zero-order valence-electron chi connectivity index (χ0n) is 12.0. The maximum absolute atomic E-state index is 12.4. The summed E-state index contributed by atoms with van der Waals surface area (Å²) in [5.74, 6) is -0.00503. The minimum atomic E-state index is -0.475. The molecule has 106 valence electrons. The number of carbonyl (C=O) groups excluding carboxylic acids is 1. The Morgan fingerprint density at radius 2 is 2.05 bits per heavy atom. The Bertz CT molecular complexity index is 406. The van der Waals surface area contributed by atoms with Gasteiger partial charge in [0.25, 0.3) is 0 Å². The molecule has 0 spiro atoms. The van der Waals surface area contributed by atoms with Gasteiger partial charge in [-0.1, -0.05) is 26.0 Å². The van der Waals surface area contributed by atoms with Gasteiger partial charge in [-0.25, -0.2) is 0 Å². The molecule has 0 radical (unpaired) electrons. The summed E-state index contributed by atoms with van der Waals surface area (Å²) in [7, 11) is 1.65. The van der Waals surface area contributed by atoms with E-state index in [0.29, 0.717) is 13.2 Å². The lowest BCUT2D eigenvalue weighted by Gasteiger charge is -2.28. The fourth-order valence-corrected chi connectivity index (χ4v) is 2.12. The average Bonchev–Trinajstić information content (AvgIpc) is 2.42.